The number of aryl methyl sites for hydroxylation is 1. The van der Waals surface area contributed by atoms with E-state index in [4.69, 9.17) is 4.74 Å². The number of nitrogens with one attached hydrogen (secondary N) is 1. The van der Waals surface area contributed by atoms with E-state index in [0.29, 0.717) is 50.8 Å². The van der Waals surface area contributed by atoms with Gasteiger partial charge >= 0.3 is 0 Å². The van der Waals surface area contributed by atoms with Crippen molar-refractivity contribution in [2.75, 3.05) is 53.0 Å². The van der Waals surface area contributed by atoms with Crippen molar-refractivity contribution in [1.29, 1.82) is 0 Å². The average Bonchev–Trinajstić information content (AvgIpc) is 3.04. The van der Waals surface area contributed by atoms with Crippen LogP contribution in [0.5, 0.6) is 0 Å². The summed E-state index contributed by atoms with van der Waals surface area (Å²) in [6, 6.07) is 0. The van der Waals surface area contributed by atoms with Gasteiger partial charge in [-0.15, -0.1) is 11.3 Å². The molecule has 0 saturated carbocycles. The Bertz CT molecular complexity index is 527. The Hall–Kier alpha value is -1.51. The highest BCUT2D eigenvalue weighted by Gasteiger charge is 2.24. The average molecular weight is 340 g/mol. The zero-order valence-electron chi connectivity index (χ0n) is 13.7. The minimum Gasteiger partial charge on any atom is -0.383 e. The largest absolute Gasteiger partial charge is 0.383 e. The second kappa shape index (κ2) is 8.95. The second-order valence-corrected chi connectivity index (χ2v) is 6.50. The number of carbonyl (C=O) groups excluding carboxylic acids is 2. The maximum atomic E-state index is 12.4. The van der Waals surface area contributed by atoms with E-state index < -0.39 is 0 Å². The zero-order chi connectivity index (χ0) is 16.7. The smallest absolute Gasteiger partial charge is 0.265 e. The number of hydrogen-bond donors (Lipinski definition) is 1. The fourth-order valence-corrected chi connectivity index (χ4v) is 3.21. The van der Waals surface area contributed by atoms with Crippen LogP contribution in [0.15, 0.2) is 6.20 Å². The lowest BCUT2D eigenvalue weighted by Gasteiger charge is -2.34. The third kappa shape index (κ3) is 5.26. The third-order valence-corrected chi connectivity index (χ3v) is 4.85. The van der Waals surface area contributed by atoms with E-state index in [1.54, 1.807) is 13.3 Å². The van der Waals surface area contributed by atoms with E-state index in [2.05, 4.69) is 15.2 Å². The number of piperazine rings is 1. The van der Waals surface area contributed by atoms with Crippen LogP contribution in [0.4, 0.5) is 0 Å². The van der Waals surface area contributed by atoms with E-state index in [0.717, 1.165) is 11.4 Å². The van der Waals surface area contributed by atoms with Gasteiger partial charge in [0.1, 0.15) is 4.88 Å². The Morgan fingerprint density at radius 1 is 1.35 bits per heavy atom. The van der Waals surface area contributed by atoms with Crippen LogP contribution in [-0.2, 0) is 16.0 Å². The molecule has 1 N–H and O–H groups in total. The summed E-state index contributed by atoms with van der Waals surface area (Å²) < 4.78 is 4.90. The highest BCUT2D eigenvalue weighted by molar-refractivity contribution is 7.13. The van der Waals surface area contributed by atoms with Crippen molar-refractivity contribution in [3.05, 3.63) is 16.1 Å². The lowest BCUT2D eigenvalue weighted by atomic mass is 10.3. The van der Waals surface area contributed by atoms with Crippen LogP contribution in [0.25, 0.3) is 0 Å². The van der Waals surface area contributed by atoms with Crippen LogP contribution in [0.2, 0.25) is 0 Å². The molecule has 128 valence electrons. The zero-order valence-corrected chi connectivity index (χ0v) is 14.5. The Kier molecular flexibility index (Phi) is 6.94. The van der Waals surface area contributed by atoms with Crippen LogP contribution in [0.1, 0.15) is 21.6 Å². The molecule has 0 spiro atoms. The molecule has 23 heavy (non-hydrogen) atoms. The van der Waals surface area contributed by atoms with Crippen molar-refractivity contribution in [2.24, 2.45) is 0 Å². The van der Waals surface area contributed by atoms with Crippen molar-refractivity contribution in [2.45, 2.75) is 13.3 Å². The molecule has 0 bridgehead atoms. The molecule has 0 aromatic carbocycles. The second-order valence-electron chi connectivity index (χ2n) is 5.38. The molecule has 0 unspecified atom stereocenters. The molecular formula is C15H24N4O3S. The molecule has 1 saturated heterocycles. The Balaban J connectivity index is 1.75. The number of hydrogen-bond acceptors (Lipinski definition) is 6. The van der Waals surface area contributed by atoms with E-state index in [9.17, 15) is 9.59 Å². The third-order valence-electron chi connectivity index (χ3n) is 3.72. The van der Waals surface area contributed by atoms with Crippen molar-refractivity contribution < 1.29 is 14.3 Å². The topological polar surface area (TPSA) is 74.8 Å². The molecule has 1 aliphatic rings. The van der Waals surface area contributed by atoms with E-state index >= 15 is 0 Å². The van der Waals surface area contributed by atoms with Gasteiger partial charge in [0.2, 0.25) is 5.91 Å². The predicted molar refractivity (Wildman–Crippen MR) is 88.7 cm³/mol. The number of thiazole rings is 1. The van der Waals surface area contributed by atoms with Gasteiger partial charge in [0.25, 0.3) is 5.91 Å². The number of amides is 2. The highest BCUT2D eigenvalue weighted by Crippen LogP contribution is 2.16. The molecule has 1 fully saturated rings. The summed E-state index contributed by atoms with van der Waals surface area (Å²) >= 11 is 1.47. The highest BCUT2D eigenvalue weighted by atomic mass is 32.1. The summed E-state index contributed by atoms with van der Waals surface area (Å²) in [5.41, 5.74) is 0. The number of aromatic nitrogens is 1. The van der Waals surface area contributed by atoms with Crippen molar-refractivity contribution in [3.63, 3.8) is 0 Å². The fraction of sp³-hybridized carbons (Fsp3) is 0.667. The molecule has 0 aliphatic carbocycles. The number of nitrogens with zero attached hydrogens (tertiary/aromatic N) is 3. The van der Waals surface area contributed by atoms with Gasteiger partial charge in [-0.3, -0.25) is 14.5 Å². The normalized spacial score (nSPS) is 15.7. The van der Waals surface area contributed by atoms with Crippen LogP contribution in [0.3, 0.4) is 0 Å². The Labute approximate surface area is 140 Å². The number of methoxy groups -OCH3 is 1. The van der Waals surface area contributed by atoms with Crippen LogP contribution >= 0.6 is 11.3 Å². The maximum Gasteiger partial charge on any atom is 0.265 e. The van der Waals surface area contributed by atoms with E-state index in [1.165, 1.54) is 11.3 Å². The summed E-state index contributed by atoms with van der Waals surface area (Å²) in [6.07, 6.45) is 2.52. The molecule has 1 aromatic heterocycles. The van der Waals surface area contributed by atoms with Gasteiger partial charge in [-0.1, -0.05) is 6.92 Å². The number of rotatable bonds is 7. The first-order valence-corrected chi connectivity index (χ1v) is 8.67. The summed E-state index contributed by atoms with van der Waals surface area (Å²) in [4.78, 5) is 33.0. The molecular weight excluding hydrogens is 316 g/mol. The molecule has 1 aromatic rings. The van der Waals surface area contributed by atoms with Gasteiger partial charge in [0.05, 0.1) is 24.4 Å². The first-order chi connectivity index (χ1) is 11.1. The first kappa shape index (κ1) is 17.8. The van der Waals surface area contributed by atoms with Crippen molar-refractivity contribution in [3.8, 4) is 0 Å². The lowest BCUT2D eigenvalue weighted by molar-refractivity contribution is -0.122. The summed E-state index contributed by atoms with van der Waals surface area (Å²) in [5.74, 6) is 0.0447. The molecule has 2 heterocycles. The van der Waals surface area contributed by atoms with Gasteiger partial charge in [-0.25, -0.2) is 4.98 Å². The van der Waals surface area contributed by atoms with Gasteiger partial charge in [0.15, 0.2) is 0 Å². The molecule has 2 rings (SSSR count). The molecule has 2 amide bonds. The summed E-state index contributed by atoms with van der Waals surface area (Å²) in [7, 11) is 1.61. The minimum atomic E-state index is -0.00290. The Morgan fingerprint density at radius 3 is 2.70 bits per heavy atom. The van der Waals surface area contributed by atoms with Crippen molar-refractivity contribution >= 4 is 23.2 Å². The monoisotopic (exact) mass is 340 g/mol. The van der Waals surface area contributed by atoms with Crippen LogP contribution in [-0.4, -0.2) is 79.6 Å². The van der Waals surface area contributed by atoms with Crippen LogP contribution in [0, 0.1) is 0 Å². The predicted octanol–water partition coefficient (Wildman–Crippen LogP) is 0.226. The lowest BCUT2D eigenvalue weighted by Crippen LogP contribution is -2.51. The molecule has 1 aliphatic heterocycles. The molecule has 0 atom stereocenters. The van der Waals surface area contributed by atoms with Gasteiger partial charge in [-0.05, 0) is 6.42 Å². The Morgan fingerprint density at radius 2 is 2.09 bits per heavy atom. The van der Waals surface area contributed by atoms with Gasteiger partial charge < -0.3 is 15.0 Å². The van der Waals surface area contributed by atoms with Gasteiger partial charge in [0, 0.05) is 39.8 Å². The summed E-state index contributed by atoms with van der Waals surface area (Å²) in [6.45, 7) is 6.15. The fourth-order valence-electron chi connectivity index (χ4n) is 2.39. The summed E-state index contributed by atoms with van der Waals surface area (Å²) in [5, 5.41) is 3.79. The van der Waals surface area contributed by atoms with Crippen LogP contribution < -0.4 is 5.32 Å². The standard InChI is InChI=1S/C15H24N4O3S/c1-3-14-17-10-12(23-14)15(21)19-7-5-18(6-8-19)11-13(20)16-4-9-22-2/h10H,3-9,11H2,1-2H3,(H,16,20). The molecule has 7 nitrogen and oxygen atoms in total. The van der Waals surface area contributed by atoms with E-state index in [1.807, 2.05) is 11.8 Å². The van der Waals surface area contributed by atoms with E-state index in [-0.39, 0.29) is 11.8 Å². The minimum absolute atomic E-state index is 0.00290. The van der Waals surface area contributed by atoms with Crippen molar-refractivity contribution in [1.82, 2.24) is 20.1 Å². The quantitative estimate of drug-likeness (QED) is 0.719. The van der Waals surface area contributed by atoms with Gasteiger partial charge in [-0.2, -0.15) is 0 Å². The number of carbonyl (C=O) groups is 2. The number of ether oxygens (including phenoxy) is 1. The molecule has 0 radical (unpaired) electrons. The molecule has 8 heteroatoms. The maximum absolute atomic E-state index is 12.4. The SMILES string of the molecule is CCc1ncc(C(=O)N2CCN(CC(=O)NCCOC)CC2)s1. The first-order valence-electron chi connectivity index (χ1n) is 7.86.